The van der Waals surface area contributed by atoms with Gasteiger partial charge in [0, 0.05) is 23.1 Å². The third-order valence-corrected chi connectivity index (χ3v) is 5.90. The summed E-state index contributed by atoms with van der Waals surface area (Å²) in [4.78, 5) is 2.45. The summed E-state index contributed by atoms with van der Waals surface area (Å²) in [5.41, 5.74) is 6.37. The Labute approximate surface area is 164 Å². The van der Waals surface area contributed by atoms with Crippen molar-refractivity contribution in [1.82, 2.24) is 4.57 Å². The monoisotopic (exact) mass is 360 g/mol. The quantitative estimate of drug-likeness (QED) is 0.315. The Morgan fingerprint density at radius 3 is 2.32 bits per heavy atom. The molecule has 1 aliphatic rings. The molecule has 1 aromatic heterocycles. The topological polar surface area (TPSA) is 8.17 Å². The number of rotatable bonds is 1. The summed E-state index contributed by atoms with van der Waals surface area (Å²) in [6.07, 6.45) is 0. The van der Waals surface area contributed by atoms with E-state index in [1.54, 1.807) is 0 Å². The van der Waals surface area contributed by atoms with E-state index in [9.17, 15) is 0 Å². The average molecular weight is 360 g/mol. The Morgan fingerprint density at radius 2 is 1.43 bits per heavy atom. The average Bonchev–Trinajstić information content (AvgIpc) is 3.07. The molecule has 0 N–H and O–H groups in total. The van der Waals surface area contributed by atoms with Crippen LogP contribution in [0.4, 0.5) is 11.5 Å². The highest BCUT2D eigenvalue weighted by Gasteiger charge is 2.26. The van der Waals surface area contributed by atoms with Gasteiger partial charge in [-0.2, -0.15) is 0 Å². The number of fused-ring (bicyclic) bond motifs is 9. The Morgan fingerprint density at radius 1 is 0.679 bits per heavy atom. The smallest absolute Gasteiger partial charge is 0.118 e. The molecule has 5 aromatic rings. The summed E-state index contributed by atoms with van der Waals surface area (Å²) in [6.45, 7) is 3.15. The predicted octanol–water partition coefficient (Wildman–Crippen LogP) is 6.92. The summed E-state index contributed by atoms with van der Waals surface area (Å²) < 4.78 is 2.42. The minimum Gasteiger partial charge on any atom is -0.327 e. The van der Waals surface area contributed by atoms with Gasteiger partial charge in [-0.1, -0.05) is 66.7 Å². The normalized spacial score (nSPS) is 12.5. The lowest BCUT2D eigenvalue weighted by atomic mass is 9.95. The van der Waals surface area contributed by atoms with E-state index in [0.29, 0.717) is 0 Å². The summed E-state index contributed by atoms with van der Waals surface area (Å²) in [5, 5.41) is 3.86. The highest BCUT2D eigenvalue weighted by Crippen LogP contribution is 2.47. The molecule has 0 saturated carbocycles. The predicted molar refractivity (Wildman–Crippen MR) is 119 cm³/mol. The Bertz CT molecular complexity index is 1360. The molecular weight excluding hydrogens is 340 g/mol. The zero-order chi connectivity index (χ0) is 18.7. The lowest BCUT2D eigenvalue weighted by molar-refractivity contribution is 0.969. The standard InChI is InChI=1S/C26H20N2/c1-2-27-24-16-15-18-9-3-5-11-20(18)26(24)21-12-6-8-14-23(21)28-22-13-7-4-10-19(22)17-25(27)28/h3-17H,2H2,1H3. The van der Waals surface area contributed by atoms with Gasteiger partial charge >= 0.3 is 0 Å². The molecule has 6 rings (SSSR count). The maximum atomic E-state index is 2.45. The number of hydrogen-bond donors (Lipinski definition) is 0. The summed E-state index contributed by atoms with van der Waals surface area (Å²) in [7, 11) is 0. The molecule has 0 bridgehead atoms. The molecule has 0 spiro atoms. The highest BCUT2D eigenvalue weighted by molar-refractivity contribution is 6.07. The molecule has 2 heterocycles. The van der Waals surface area contributed by atoms with Crippen molar-refractivity contribution >= 4 is 33.2 Å². The number of benzene rings is 4. The molecule has 1 aliphatic heterocycles. The van der Waals surface area contributed by atoms with Gasteiger partial charge in [-0.25, -0.2) is 0 Å². The molecule has 28 heavy (non-hydrogen) atoms. The van der Waals surface area contributed by atoms with E-state index in [4.69, 9.17) is 0 Å². The van der Waals surface area contributed by atoms with Crippen LogP contribution in [0.5, 0.6) is 0 Å². The molecule has 0 aliphatic carbocycles. The first-order chi connectivity index (χ1) is 13.9. The Hall–Kier alpha value is -3.52. The first-order valence-electron chi connectivity index (χ1n) is 9.86. The second kappa shape index (κ2) is 5.74. The van der Waals surface area contributed by atoms with Crippen molar-refractivity contribution < 1.29 is 0 Å². The zero-order valence-electron chi connectivity index (χ0n) is 15.8. The number of hydrogen-bond acceptors (Lipinski definition) is 1. The second-order valence-electron chi connectivity index (χ2n) is 7.34. The minimum atomic E-state index is 0.912. The van der Waals surface area contributed by atoms with Gasteiger partial charge < -0.3 is 4.90 Å². The zero-order valence-corrected chi connectivity index (χ0v) is 15.8. The number of para-hydroxylation sites is 2. The van der Waals surface area contributed by atoms with Crippen molar-refractivity contribution in [1.29, 1.82) is 0 Å². The van der Waals surface area contributed by atoms with Gasteiger partial charge in [0.15, 0.2) is 0 Å². The molecule has 0 unspecified atom stereocenters. The van der Waals surface area contributed by atoms with Crippen LogP contribution in [-0.2, 0) is 0 Å². The van der Waals surface area contributed by atoms with E-state index in [1.807, 2.05) is 0 Å². The first-order valence-corrected chi connectivity index (χ1v) is 9.86. The van der Waals surface area contributed by atoms with Crippen LogP contribution in [0.15, 0.2) is 91.0 Å². The Balaban J connectivity index is 1.84. The van der Waals surface area contributed by atoms with E-state index in [2.05, 4.69) is 107 Å². The van der Waals surface area contributed by atoms with Gasteiger partial charge in [0.1, 0.15) is 5.82 Å². The van der Waals surface area contributed by atoms with Crippen LogP contribution in [0.1, 0.15) is 6.92 Å². The van der Waals surface area contributed by atoms with E-state index >= 15 is 0 Å². The van der Waals surface area contributed by atoms with Crippen molar-refractivity contribution in [2.75, 3.05) is 11.4 Å². The number of anilines is 2. The van der Waals surface area contributed by atoms with Gasteiger partial charge in [0.2, 0.25) is 0 Å². The van der Waals surface area contributed by atoms with Crippen molar-refractivity contribution in [3.63, 3.8) is 0 Å². The fraction of sp³-hybridized carbons (Fsp3) is 0.0769. The van der Waals surface area contributed by atoms with Gasteiger partial charge in [-0.3, -0.25) is 4.57 Å². The molecule has 4 aromatic carbocycles. The maximum absolute atomic E-state index is 2.45. The molecule has 134 valence electrons. The second-order valence-corrected chi connectivity index (χ2v) is 7.34. The molecule has 0 fully saturated rings. The van der Waals surface area contributed by atoms with Crippen molar-refractivity contribution in [3.8, 4) is 16.8 Å². The van der Waals surface area contributed by atoms with Gasteiger partial charge in [0.25, 0.3) is 0 Å². The van der Waals surface area contributed by atoms with Crippen LogP contribution in [0.3, 0.4) is 0 Å². The van der Waals surface area contributed by atoms with Crippen LogP contribution in [-0.4, -0.2) is 11.1 Å². The van der Waals surface area contributed by atoms with E-state index in [-0.39, 0.29) is 0 Å². The molecule has 2 heteroatoms. The fourth-order valence-electron chi connectivity index (χ4n) is 4.70. The summed E-state index contributed by atoms with van der Waals surface area (Å²) in [6, 6.07) is 33.0. The van der Waals surface area contributed by atoms with Crippen LogP contribution in [0, 0.1) is 0 Å². The van der Waals surface area contributed by atoms with Crippen molar-refractivity contribution in [2.24, 2.45) is 0 Å². The largest absolute Gasteiger partial charge is 0.327 e. The van der Waals surface area contributed by atoms with Crippen LogP contribution in [0.25, 0.3) is 38.5 Å². The molecular formula is C26H20N2. The molecule has 0 saturated heterocycles. The van der Waals surface area contributed by atoms with E-state index in [1.165, 1.54) is 50.0 Å². The first kappa shape index (κ1) is 15.5. The van der Waals surface area contributed by atoms with Crippen LogP contribution in [0.2, 0.25) is 0 Å². The third-order valence-electron chi connectivity index (χ3n) is 5.90. The molecule has 0 radical (unpaired) electrons. The number of aromatic nitrogens is 1. The van der Waals surface area contributed by atoms with Crippen LogP contribution >= 0.6 is 0 Å². The summed E-state index contributed by atoms with van der Waals surface area (Å²) in [5.74, 6) is 1.23. The third kappa shape index (κ3) is 1.97. The minimum absolute atomic E-state index is 0.912. The Kier molecular flexibility index (Phi) is 3.18. The fourth-order valence-corrected chi connectivity index (χ4v) is 4.70. The van der Waals surface area contributed by atoms with Gasteiger partial charge in [-0.15, -0.1) is 0 Å². The number of nitrogens with zero attached hydrogens (tertiary/aromatic N) is 2. The lowest BCUT2D eigenvalue weighted by Crippen LogP contribution is -2.18. The van der Waals surface area contributed by atoms with Gasteiger partial charge in [-0.05, 0) is 42.0 Å². The molecule has 0 amide bonds. The lowest BCUT2D eigenvalue weighted by Gasteiger charge is -2.24. The van der Waals surface area contributed by atoms with Crippen molar-refractivity contribution in [3.05, 3.63) is 91.0 Å². The maximum Gasteiger partial charge on any atom is 0.118 e. The SMILES string of the molecule is CCN1c2ccc3ccccc3c2-c2ccccc2-n2c1cc1ccccc12. The highest BCUT2D eigenvalue weighted by atomic mass is 15.3. The molecule has 0 atom stereocenters. The van der Waals surface area contributed by atoms with Crippen molar-refractivity contribution in [2.45, 2.75) is 6.92 Å². The van der Waals surface area contributed by atoms with E-state index in [0.717, 1.165) is 6.54 Å². The van der Waals surface area contributed by atoms with Gasteiger partial charge in [0.05, 0.1) is 16.9 Å². The summed E-state index contributed by atoms with van der Waals surface area (Å²) >= 11 is 0. The molecule has 2 nitrogen and oxygen atoms in total. The van der Waals surface area contributed by atoms with E-state index < -0.39 is 0 Å². The van der Waals surface area contributed by atoms with Crippen LogP contribution < -0.4 is 4.90 Å².